The van der Waals surface area contributed by atoms with Crippen molar-refractivity contribution in [2.24, 2.45) is 0 Å². The van der Waals surface area contributed by atoms with Gasteiger partial charge in [-0.3, -0.25) is 0 Å². The van der Waals surface area contributed by atoms with Crippen LogP contribution in [0.25, 0.3) is 0 Å². The van der Waals surface area contributed by atoms with Crippen LogP contribution in [0, 0.1) is 0 Å². The molecule has 0 bridgehead atoms. The van der Waals surface area contributed by atoms with E-state index in [1.807, 2.05) is 36.4 Å². The molecule has 1 unspecified atom stereocenters. The number of hydrogen-bond acceptors (Lipinski definition) is 5. The van der Waals surface area contributed by atoms with E-state index in [1.54, 1.807) is 19.1 Å². The van der Waals surface area contributed by atoms with Gasteiger partial charge in [-0.15, -0.1) is 0 Å². The third-order valence-electron chi connectivity index (χ3n) is 3.99. The molecule has 7 nitrogen and oxygen atoms in total. The summed E-state index contributed by atoms with van der Waals surface area (Å²) in [6.45, 7) is 2.62. The van der Waals surface area contributed by atoms with Crippen molar-refractivity contribution in [3.8, 4) is 11.5 Å². The Bertz CT molecular complexity index is 757. The molecule has 2 aromatic rings. The van der Waals surface area contributed by atoms with Gasteiger partial charge in [0.1, 0.15) is 11.5 Å². The van der Waals surface area contributed by atoms with Crippen molar-refractivity contribution in [1.29, 1.82) is 0 Å². The van der Waals surface area contributed by atoms with Gasteiger partial charge in [-0.05, 0) is 42.3 Å². The fraction of sp³-hybridized carbons (Fsp3) is 0.333. The summed E-state index contributed by atoms with van der Waals surface area (Å²) in [5, 5.41) is 11.5. The predicted molar refractivity (Wildman–Crippen MR) is 104 cm³/mol. The fourth-order valence-electron chi connectivity index (χ4n) is 2.52. The third-order valence-corrected chi connectivity index (χ3v) is 3.99. The topological polar surface area (TPSA) is 94.1 Å². The van der Waals surface area contributed by atoms with Gasteiger partial charge in [0.05, 0.1) is 6.61 Å². The van der Waals surface area contributed by atoms with E-state index in [0.29, 0.717) is 37.6 Å². The average Bonchev–Trinajstić information content (AvgIpc) is 2.70. The SMILES string of the molecule is CCOC(Cc1ccc(OCCc2ccc(OC(=O)NC)cc2)cc1)C(=O)O. The standard InChI is InChI=1S/C21H25NO6/c1-3-26-19(20(23)24)14-16-6-8-17(9-7-16)27-13-12-15-4-10-18(11-5-15)28-21(25)22-2/h4-11,19H,3,12-14H2,1-2H3,(H,22,25)(H,23,24). The number of aliphatic carboxylic acids is 1. The lowest BCUT2D eigenvalue weighted by Crippen LogP contribution is -2.26. The second-order valence-corrected chi connectivity index (χ2v) is 6.01. The van der Waals surface area contributed by atoms with Gasteiger partial charge in [-0.25, -0.2) is 9.59 Å². The number of carboxylic acids is 1. The van der Waals surface area contributed by atoms with Crippen LogP contribution >= 0.6 is 0 Å². The molecule has 0 spiro atoms. The summed E-state index contributed by atoms with van der Waals surface area (Å²) in [5.74, 6) is 0.229. The summed E-state index contributed by atoms with van der Waals surface area (Å²) >= 11 is 0. The Hall–Kier alpha value is -3.06. The van der Waals surface area contributed by atoms with Gasteiger partial charge in [-0.1, -0.05) is 24.3 Å². The molecule has 0 aliphatic heterocycles. The van der Waals surface area contributed by atoms with E-state index in [9.17, 15) is 9.59 Å². The number of ether oxygens (including phenoxy) is 3. The number of nitrogens with one attached hydrogen (secondary N) is 1. The number of carbonyl (C=O) groups excluding carboxylic acids is 1. The van der Waals surface area contributed by atoms with E-state index in [-0.39, 0.29) is 0 Å². The zero-order valence-corrected chi connectivity index (χ0v) is 16.0. The zero-order valence-electron chi connectivity index (χ0n) is 16.0. The number of hydrogen-bond donors (Lipinski definition) is 2. The predicted octanol–water partition coefficient (Wildman–Crippen LogP) is 3.06. The second kappa shape index (κ2) is 10.9. The lowest BCUT2D eigenvalue weighted by molar-refractivity contribution is -0.149. The molecule has 2 aromatic carbocycles. The second-order valence-electron chi connectivity index (χ2n) is 6.01. The van der Waals surface area contributed by atoms with Crippen LogP contribution in [0.1, 0.15) is 18.1 Å². The van der Waals surface area contributed by atoms with E-state index in [2.05, 4.69) is 5.32 Å². The Kier molecular flexibility index (Phi) is 8.30. The van der Waals surface area contributed by atoms with Gasteiger partial charge in [0.2, 0.25) is 0 Å². The van der Waals surface area contributed by atoms with Crippen LogP contribution in [0.5, 0.6) is 11.5 Å². The Morgan fingerprint density at radius 1 is 1.00 bits per heavy atom. The summed E-state index contributed by atoms with van der Waals surface area (Å²) < 4.78 is 16.0. The highest BCUT2D eigenvalue weighted by Gasteiger charge is 2.17. The smallest absolute Gasteiger partial charge is 0.412 e. The van der Waals surface area contributed by atoms with Crippen LogP contribution in [0.15, 0.2) is 48.5 Å². The van der Waals surface area contributed by atoms with Crippen LogP contribution in [0.4, 0.5) is 4.79 Å². The number of carbonyl (C=O) groups is 2. The maximum Gasteiger partial charge on any atom is 0.412 e. The molecule has 0 fully saturated rings. The Labute approximate surface area is 164 Å². The molecule has 1 atom stereocenters. The Balaban J connectivity index is 1.80. The minimum atomic E-state index is -0.964. The molecule has 1 amide bonds. The van der Waals surface area contributed by atoms with Crippen LogP contribution in [0.3, 0.4) is 0 Å². The molecule has 0 saturated carbocycles. The minimum absolute atomic E-state index is 0.313. The lowest BCUT2D eigenvalue weighted by Gasteiger charge is -2.13. The van der Waals surface area contributed by atoms with Gasteiger partial charge in [0, 0.05) is 26.5 Å². The fourth-order valence-corrected chi connectivity index (χ4v) is 2.52. The molecule has 0 aliphatic carbocycles. The van der Waals surface area contributed by atoms with Gasteiger partial charge in [0.25, 0.3) is 0 Å². The van der Waals surface area contributed by atoms with Crippen LogP contribution in [0.2, 0.25) is 0 Å². The van der Waals surface area contributed by atoms with E-state index >= 15 is 0 Å². The van der Waals surface area contributed by atoms with Gasteiger partial charge in [0.15, 0.2) is 6.10 Å². The molecule has 2 N–H and O–H groups in total. The van der Waals surface area contributed by atoms with Crippen molar-refractivity contribution in [2.75, 3.05) is 20.3 Å². The largest absolute Gasteiger partial charge is 0.493 e. The van der Waals surface area contributed by atoms with Crippen molar-refractivity contribution >= 4 is 12.1 Å². The summed E-state index contributed by atoms with van der Waals surface area (Å²) in [6.07, 6.45) is -0.330. The molecule has 0 heterocycles. The van der Waals surface area contributed by atoms with E-state index in [4.69, 9.17) is 19.3 Å². The Morgan fingerprint density at radius 2 is 1.61 bits per heavy atom. The first kappa shape index (κ1) is 21.2. The Morgan fingerprint density at radius 3 is 2.18 bits per heavy atom. The van der Waals surface area contributed by atoms with E-state index in [0.717, 1.165) is 11.1 Å². The van der Waals surface area contributed by atoms with Crippen molar-refractivity contribution in [2.45, 2.75) is 25.9 Å². The minimum Gasteiger partial charge on any atom is -0.493 e. The van der Waals surface area contributed by atoms with E-state index < -0.39 is 18.2 Å². The molecule has 0 aromatic heterocycles. The number of rotatable bonds is 10. The zero-order chi connectivity index (χ0) is 20.4. The summed E-state index contributed by atoms with van der Waals surface area (Å²) in [6, 6.07) is 14.5. The average molecular weight is 387 g/mol. The number of carboxylic acid groups (broad SMARTS) is 1. The van der Waals surface area contributed by atoms with Gasteiger partial charge < -0.3 is 24.6 Å². The monoisotopic (exact) mass is 387 g/mol. The summed E-state index contributed by atoms with van der Waals surface area (Å²) in [7, 11) is 1.50. The molecule has 0 saturated heterocycles. The molecular weight excluding hydrogens is 362 g/mol. The van der Waals surface area contributed by atoms with Crippen molar-refractivity contribution in [3.05, 3.63) is 59.7 Å². The van der Waals surface area contributed by atoms with Crippen LogP contribution < -0.4 is 14.8 Å². The maximum atomic E-state index is 11.2. The molecule has 28 heavy (non-hydrogen) atoms. The normalized spacial score (nSPS) is 11.5. The van der Waals surface area contributed by atoms with Gasteiger partial charge >= 0.3 is 12.1 Å². The molecule has 0 aliphatic rings. The highest BCUT2D eigenvalue weighted by molar-refractivity contribution is 5.72. The van der Waals surface area contributed by atoms with Crippen molar-refractivity contribution in [1.82, 2.24) is 5.32 Å². The molecule has 7 heteroatoms. The van der Waals surface area contributed by atoms with Gasteiger partial charge in [-0.2, -0.15) is 0 Å². The van der Waals surface area contributed by atoms with E-state index in [1.165, 1.54) is 7.05 Å². The first-order valence-corrected chi connectivity index (χ1v) is 9.06. The lowest BCUT2D eigenvalue weighted by atomic mass is 10.1. The van der Waals surface area contributed by atoms with Crippen LogP contribution in [-0.2, 0) is 22.4 Å². The third kappa shape index (κ3) is 6.92. The summed E-state index contributed by atoms with van der Waals surface area (Å²) in [4.78, 5) is 22.3. The molecular formula is C21H25NO6. The summed E-state index contributed by atoms with van der Waals surface area (Å²) in [5.41, 5.74) is 1.93. The number of amides is 1. The van der Waals surface area contributed by atoms with Crippen molar-refractivity contribution in [3.63, 3.8) is 0 Å². The quantitative estimate of drug-likeness (QED) is 0.651. The van der Waals surface area contributed by atoms with Crippen LogP contribution in [-0.4, -0.2) is 43.5 Å². The first-order valence-electron chi connectivity index (χ1n) is 9.06. The molecule has 150 valence electrons. The molecule has 2 rings (SSSR count). The van der Waals surface area contributed by atoms with Crippen molar-refractivity contribution < 1.29 is 28.9 Å². The highest BCUT2D eigenvalue weighted by Crippen LogP contribution is 2.16. The molecule has 0 radical (unpaired) electrons. The number of benzene rings is 2. The first-order chi connectivity index (χ1) is 13.5. The highest BCUT2D eigenvalue weighted by atomic mass is 16.6. The maximum absolute atomic E-state index is 11.2.